The van der Waals surface area contributed by atoms with E-state index in [1.807, 2.05) is 37.1 Å². The van der Waals surface area contributed by atoms with Gasteiger partial charge in [0.2, 0.25) is 5.91 Å². The molecule has 1 aliphatic carbocycles. The van der Waals surface area contributed by atoms with E-state index in [0.717, 1.165) is 5.56 Å². The average Bonchev–Trinajstić information content (AvgIpc) is 3.18. The van der Waals surface area contributed by atoms with Crippen LogP contribution >= 0.6 is 24.0 Å². The standard InChI is InChI=1S/C15H22ClN3O.ClH/c1-10-3-6-13(12(16)7-10)18-15(20)9-19(2)14(8-17)11-4-5-11;/h3,6-7,11,14H,4-5,8-9,17H2,1-2H3,(H,18,20);1H. The molecule has 0 aliphatic heterocycles. The first-order valence-corrected chi connectivity index (χ1v) is 7.35. The Morgan fingerprint density at radius 3 is 2.71 bits per heavy atom. The molecule has 1 amide bonds. The fraction of sp³-hybridized carbons (Fsp3) is 0.533. The van der Waals surface area contributed by atoms with Gasteiger partial charge in [-0.2, -0.15) is 0 Å². The van der Waals surface area contributed by atoms with E-state index in [4.69, 9.17) is 17.3 Å². The zero-order valence-corrected chi connectivity index (χ0v) is 14.0. The molecule has 118 valence electrons. The Labute approximate surface area is 137 Å². The minimum Gasteiger partial charge on any atom is -0.329 e. The lowest BCUT2D eigenvalue weighted by Gasteiger charge is -2.26. The summed E-state index contributed by atoms with van der Waals surface area (Å²) in [6.07, 6.45) is 2.44. The summed E-state index contributed by atoms with van der Waals surface area (Å²) in [6, 6.07) is 5.90. The van der Waals surface area contributed by atoms with Crippen molar-refractivity contribution in [1.82, 2.24) is 4.90 Å². The Hall–Kier alpha value is -0.810. The quantitative estimate of drug-likeness (QED) is 0.842. The summed E-state index contributed by atoms with van der Waals surface area (Å²) in [5.41, 5.74) is 7.52. The van der Waals surface area contributed by atoms with Crippen LogP contribution in [0, 0.1) is 12.8 Å². The van der Waals surface area contributed by atoms with Crippen LogP contribution in [0.5, 0.6) is 0 Å². The molecular weight excluding hydrogens is 309 g/mol. The fourth-order valence-electron chi connectivity index (χ4n) is 2.47. The van der Waals surface area contributed by atoms with Gasteiger partial charge in [-0.25, -0.2) is 0 Å². The summed E-state index contributed by atoms with van der Waals surface area (Å²) >= 11 is 6.11. The van der Waals surface area contributed by atoms with Crippen LogP contribution < -0.4 is 11.1 Å². The number of nitrogens with zero attached hydrogens (tertiary/aromatic N) is 1. The van der Waals surface area contributed by atoms with Crippen LogP contribution in [0.2, 0.25) is 5.02 Å². The number of aryl methyl sites for hydroxylation is 1. The van der Waals surface area contributed by atoms with Crippen molar-refractivity contribution in [1.29, 1.82) is 0 Å². The number of amides is 1. The molecule has 1 unspecified atom stereocenters. The Morgan fingerprint density at radius 1 is 1.52 bits per heavy atom. The van der Waals surface area contributed by atoms with Crippen molar-refractivity contribution >= 4 is 35.6 Å². The molecular formula is C15H23Cl2N3O. The zero-order valence-electron chi connectivity index (χ0n) is 12.4. The van der Waals surface area contributed by atoms with Crippen molar-refractivity contribution in [2.45, 2.75) is 25.8 Å². The van der Waals surface area contributed by atoms with E-state index >= 15 is 0 Å². The number of nitrogens with one attached hydrogen (secondary N) is 1. The van der Waals surface area contributed by atoms with Crippen LogP contribution in [0.15, 0.2) is 18.2 Å². The molecule has 0 heterocycles. The Balaban J connectivity index is 0.00000220. The monoisotopic (exact) mass is 331 g/mol. The summed E-state index contributed by atoms with van der Waals surface area (Å²) in [5.74, 6) is 0.595. The molecule has 0 bridgehead atoms. The molecule has 0 saturated heterocycles. The number of anilines is 1. The Kier molecular flexibility index (Phi) is 6.94. The number of nitrogens with two attached hydrogens (primary N) is 1. The van der Waals surface area contributed by atoms with Gasteiger partial charge in [0.15, 0.2) is 0 Å². The van der Waals surface area contributed by atoms with Gasteiger partial charge < -0.3 is 11.1 Å². The molecule has 0 aromatic heterocycles. The van der Waals surface area contributed by atoms with Crippen molar-refractivity contribution in [3.8, 4) is 0 Å². The molecule has 6 heteroatoms. The van der Waals surface area contributed by atoms with Gasteiger partial charge in [0.1, 0.15) is 0 Å². The van der Waals surface area contributed by atoms with E-state index in [1.54, 1.807) is 0 Å². The number of hydrogen-bond donors (Lipinski definition) is 2. The van der Waals surface area contributed by atoms with Crippen molar-refractivity contribution < 1.29 is 4.79 Å². The lowest BCUT2D eigenvalue weighted by molar-refractivity contribution is -0.117. The molecule has 1 aromatic rings. The first-order valence-electron chi connectivity index (χ1n) is 6.97. The molecule has 4 nitrogen and oxygen atoms in total. The lowest BCUT2D eigenvalue weighted by Crippen LogP contribution is -2.43. The third-order valence-corrected chi connectivity index (χ3v) is 4.08. The van der Waals surface area contributed by atoms with Gasteiger partial charge in [-0.15, -0.1) is 12.4 Å². The molecule has 1 aromatic carbocycles. The topological polar surface area (TPSA) is 58.4 Å². The van der Waals surface area contributed by atoms with Gasteiger partial charge in [-0.3, -0.25) is 9.69 Å². The van der Waals surface area contributed by atoms with E-state index in [0.29, 0.717) is 35.8 Å². The van der Waals surface area contributed by atoms with E-state index in [2.05, 4.69) is 5.32 Å². The Morgan fingerprint density at radius 2 is 2.19 bits per heavy atom. The number of benzene rings is 1. The maximum Gasteiger partial charge on any atom is 0.238 e. The van der Waals surface area contributed by atoms with E-state index in [1.165, 1.54) is 12.8 Å². The first kappa shape index (κ1) is 18.2. The van der Waals surface area contributed by atoms with Gasteiger partial charge >= 0.3 is 0 Å². The molecule has 3 N–H and O–H groups in total. The third kappa shape index (κ3) is 5.15. The van der Waals surface area contributed by atoms with Crippen molar-refractivity contribution in [3.63, 3.8) is 0 Å². The summed E-state index contributed by atoms with van der Waals surface area (Å²) in [4.78, 5) is 14.1. The number of carbonyl (C=O) groups is 1. The molecule has 2 rings (SSSR count). The molecule has 1 saturated carbocycles. The van der Waals surface area contributed by atoms with Crippen LogP contribution in [0.25, 0.3) is 0 Å². The van der Waals surface area contributed by atoms with Gasteiger partial charge in [0.05, 0.1) is 17.3 Å². The summed E-state index contributed by atoms with van der Waals surface area (Å²) in [7, 11) is 1.95. The number of rotatable bonds is 6. The molecule has 1 atom stereocenters. The number of halogens is 2. The fourth-order valence-corrected chi connectivity index (χ4v) is 2.75. The summed E-state index contributed by atoms with van der Waals surface area (Å²) in [5, 5.41) is 3.42. The predicted octanol–water partition coefficient (Wildman–Crippen LogP) is 2.68. The number of likely N-dealkylation sites (N-methyl/N-ethyl adjacent to an activating group) is 1. The van der Waals surface area contributed by atoms with Crippen LogP contribution in [-0.4, -0.2) is 37.0 Å². The third-order valence-electron chi connectivity index (χ3n) is 3.77. The van der Waals surface area contributed by atoms with Gasteiger partial charge in [0.25, 0.3) is 0 Å². The minimum absolute atomic E-state index is 0. The Bertz CT molecular complexity index is 492. The highest BCUT2D eigenvalue weighted by Gasteiger charge is 2.33. The maximum absolute atomic E-state index is 12.1. The molecule has 21 heavy (non-hydrogen) atoms. The SMILES string of the molecule is Cc1ccc(NC(=O)CN(C)C(CN)C2CC2)c(Cl)c1.Cl. The zero-order chi connectivity index (χ0) is 14.7. The second-order valence-corrected chi connectivity index (χ2v) is 5.99. The highest BCUT2D eigenvalue weighted by molar-refractivity contribution is 6.33. The first-order chi connectivity index (χ1) is 9.51. The van der Waals surface area contributed by atoms with Gasteiger partial charge in [0, 0.05) is 12.6 Å². The van der Waals surface area contributed by atoms with E-state index in [9.17, 15) is 4.79 Å². The average molecular weight is 332 g/mol. The van der Waals surface area contributed by atoms with Crippen LogP contribution in [-0.2, 0) is 4.79 Å². The van der Waals surface area contributed by atoms with E-state index in [-0.39, 0.29) is 18.3 Å². The molecule has 0 radical (unpaired) electrons. The number of hydrogen-bond acceptors (Lipinski definition) is 3. The lowest BCUT2D eigenvalue weighted by atomic mass is 10.1. The number of carbonyl (C=O) groups excluding carboxylic acids is 1. The highest BCUT2D eigenvalue weighted by atomic mass is 35.5. The molecule has 0 spiro atoms. The van der Waals surface area contributed by atoms with Crippen molar-refractivity contribution in [3.05, 3.63) is 28.8 Å². The van der Waals surface area contributed by atoms with Crippen molar-refractivity contribution in [2.75, 3.05) is 25.5 Å². The van der Waals surface area contributed by atoms with Gasteiger partial charge in [-0.1, -0.05) is 17.7 Å². The summed E-state index contributed by atoms with van der Waals surface area (Å²) < 4.78 is 0. The normalized spacial score (nSPS) is 15.5. The van der Waals surface area contributed by atoms with Gasteiger partial charge in [-0.05, 0) is 50.4 Å². The predicted molar refractivity (Wildman–Crippen MR) is 90.3 cm³/mol. The second-order valence-electron chi connectivity index (χ2n) is 5.59. The second kappa shape index (κ2) is 7.99. The highest BCUT2D eigenvalue weighted by Crippen LogP contribution is 2.34. The van der Waals surface area contributed by atoms with Crippen molar-refractivity contribution in [2.24, 2.45) is 11.7 Å². The van der Waals surface area contributed by atoms with Crippen LogP contribution in [0.4, 0.5) is 5.69 Å². The van der Waals surface area contributed by atoms with Crippen LogP contribution in [0.1, 0.15) is 18.4 Å². The smallest absolute Gasteiger partial charge is 0.238 e. The minimum atomic E-state index is -0.0580. The largest absolute Gasteiger partial charge is 0.329 e. The van der Waals surface area contributed by atoms with E-state index < -0.39 is 0 Å². The maximum atomic E-state index is 12.1. The molecule has 1 fully saturated rings. The molecule has 1 aliphatic rings. The summed E-state index contributed by atoms with van der Waals surface area (Å²) in [6.45, 7) is 2.90. The van der Waals surface area contributed by atoms with Crippen LogP contribution in [0.3, 0.4) is 0 Å².